The number of hydrogen-bond donors (Lipinski definition) is 0. The Bertz CT molecular complexity index is 1570. The van der Waals surface area contributed by atoms with Crippen LogP contribution in [0.2, 0.25) is 0 Å². The van der Waals surface area contributed by atoms with Crippen molar-refractivity contribution in [1.29, 1.82) is 0 Å². The number of carbonyl (C=O) groups excluding carboxylic acids is 2. The van der Waals surface area contributed by atoms with E-state index in [2.05, 4.69) is 27.6 Å². The third-order valence-corrected chi connectivity index (χ3v) is 6.70. The van der Waals surface area contributed by atoms with Crippen LogP contribution in [-0.4, -0.2) is 24.9 Å². The zero-order valence-corrected chi connectivity index (χ0v) is 22.8. The molecule has 1 aliphatic rings. The van der Waals surface area contributed by atoms with Crippen LogP contribution in [0.25, 0.3) is 17.2 Å². The summed E-state index contributed by atoms with van der Waals surface area (Å²) in [5, 5.41) is 0. The van der Waals surface area contributed by atoms with Crippen molar-refractivity contribution in [3.8, 4) is 22.6 Å². The Morgan fingerprint density at radius 3 is 2.24 bits per heavy atom. The molecule has 0 N–H and O–H groups in total. The number of methoxy groups -OCH3 is 1. The van der Waals surface area contributed by atoms with Gasteiger partial charge in [-0.2, -0.15) is 0 Å². The first-order valence-corrected chi connectivity index (χ1v) is 12.8. The lowest BCUT2D eigenvalue weighted by molar-refractivity contribution is -0.129. The van der Waals surface area contributed by atoms with Crippen molar-refractivity contribution >= 4 is 46.5 Å². The number of nitrogens with zero attached hydrogens (tertiary/aromatic N) is 1. The van der Waals surface area contributed by atoms with E-state index in [1.807, 2.05) is 73.7 Å². The van der Waals surface area contributed by atoms with Crippen LogP contribution in [0.15, 0.2) is 102 Å². The van der Waals surface area contributed by atoms with Gasteiger partial charge in [-0.15, -0.1) is 0 Å². The van der Waals surface area contributed by atoms with Crippen LogP contribution in [0, 0.1) is 10.5 Å². The van der Waals surface area contributed by atoms with Crippen molar-refractivity contribution in [1.82, 2.24) is 0 Å². The second-order valence-electron chi connectivity index (χ2n) is 8.57. The summed E-state index contributed by atoms with van der Waals surface area (Å²) in [4.78, 5) is 29.6. The first-order valence-electron chi connectivity index (χ1n) is 11.8. The Labute approximate surface area is 233 Å². The van der Waals surface area contributed by atoms with Crippen LogP contribution in [0.5, 0.6) is 11.5 Å². The van der Waals surface area contributed by atoms with Gasteiger partial charge in [-0.3, -0.25) is 0 Å². The highest BCUT2D eigenvalue weighted by Crippen LogP contribution is 2.35. The highest BCUT2D eigenvalue weighted by Gasteiger charge is 2.25. The number of halogens is 1. The van der Waals surface area contributed by atoms with E-state index in [4.69, 9.17) is 14.2 Å². The number of hydrogen-bond acceptors (Lipinski definition) is 6. The van der Waals surface area contributed by atoms with E-state index in [9.17, 15) is 9.59 Å². The van der Waals surface area contributed by atoms with E-state index in [1.165, 1.54) is 7.11 Å². The van der Waals surface area contributed by atoms with E-state index in [1.54, 1.807) is 30.3 Å². The van der Waals surface area contributed by atoms with E-state index in [0.717, 1.165) is 16.7 Å². The Hall–Kier alpha value is -4.24. The quantitative estimate of drug-likeness (QED) is 0.103. The van der Waals surface area contributed by atoms with Crippen molar-refractivity contribution in [2.45, 2.75) is 6.92 Å². The molecule has 4 aromatic carbocycles. The van der Waals surface area contributed by atoms with Gasteiger partial charge in [0.25, 0.3) is 0 Å². The molecule has 0 bridgehead atoms. The SMILES string of the molecule is COc1cc(/C=C2\N=C(c3ccc(-c4ccccc4)cc3)OC2=O)cc(I)c1OC(=O)c1ccc(C)cc1. The fraction of sp³-hybridized carbons (Fsp3) is 0.0645. The van der Waals surface area contributed by atoms with Gasteiger partial charge in [0.05, 0.1) is 16.2 Å². The Kier molecular flexibility index (Phi) is 7.37. The number of rotatable bonds is 6. The molecule has 0 aromatic heterocycles. The summed E-state index contributed by atoms with van der Waals surface area (Å²) >= 11 is 2.07. The summed E-state index contributed by atoms with van der Waals surface area (Å²) in [5.74, 6) is -0.129. The molecular weight excluding hydrogens is 593 g/mol. The first kappa shape index (κ1) is 25.4. The van der Waals surface area contributed by atoms with Gasteiger partial charge in [-0.25, -0.2) is 14.6 Å². The molecule has 1 aliphatic heterocycles. The highest BCUT2D eigenvalue weighted by molar-refractivity contribution is 14.1. The molecule has 0 amide bonds. The normalized spacial score (nSPS) is 13.7. The molecule has 0 unspecified atom stereocenters. The van der Waals surface area contributed by atoms with E-state index in [0.29, 0.717) is 31.8 Å². The Morgan fingerprint density at radius 2 is 1.55 bits per heavy atom. The smallest absolute Gasteiger partial charge is 0.363 e. The number of benzene rings is 4. The van der Waals surface area contributed by atoms with E-state index in [-0.39, 0.29) is 11.6 Å². The van der Waals surface area contributed by atoms with Crippen LogP contribution in [-0.2, 0) is 9.53 Å². The number of cyclic esters (lactones) is 1. The minimum absolute atomic E-state index is 0.161. The van der Waals surface area contributed by atoms with Crippen molar-refractivity contribution in [3.63, 3.8) is 0 Å². The average Bonchev–Trinajstić information content (AvgIpc) is 3.30. The van der Waals surface area contributed by atoms with Crippen molar-refractivity contribution in [3.05, 3.63) is 123 Å². The maximum absolute atomic E-state index is 12.7. The molecule has 0 fully saturated rings. The molecule has 5 rings (SSSR count). The minimum Gasteiger partial charge on any atom is -0.493 e. The van der Waals surface area contributed by atoms with Gasteiger partial charge >= 0.3 is 11.9 Å². The second kappa shape index (κ2) is 11.0. The molecule has 0 saturated carbocycles. The van der Waals surface area contributed by atoms with Gasteiger partial charge in [0, 0.05) is 5.56 Å². The number of aryl methyl sites for hydroxylation is 1. The molecular formula is C31H22INO5. The molecule has 188 valence electrons. The fourth-order valence-corrected chi connectivity index (χ4v) is 4.63. The van der Waals surface area contributed by atoms with Crippen molar-refractivity contribution < 1.29 is 23.8 Å². The van der Waals surface area contributed by atoms with Gasteiger partial charge in [0.2, 0.25) is 5.90 Å². The fourth-order valence-electron chi connectivity index (χ4n) is 3.89. The third kappa shape index (κ3) is 5.52. The molecule has 6 nitrogen and oxygen atoms in total. The maximum Gasteiger partial charge on any atom is 0.363 e. The number of esters is 2. The largest absolute Gasteiger partial charge is 0.493 e. The lowest BCUT2D eigenvalue weighted by atomic mass is 10.0. The molecule has 38 heavy (non-hydrogen) atoms. The predicted octanol–water partition coefficient (Wildman–Crippen LogP) is 6.84. The zero-order valence-electron chi connectivity index (χ0n) is 20.6. The van der Waals surface area contributed by atoms with Crippen LogP contribution in [0.1, 0.15) is 27.0 Å². The molecule has 0 aliphatic carbocycles. The summed E-state index contributed by atoms with van der Waals surface area (Å²) < 4.78 is 17.2. The predicted molar refractivity (Wildman–Crippen MR) is 154 cm³/mol. The van der Waals surface area contributed by atoms with Gasteiger partial charge in [-0.1, -0.05) is 60.2 Å². The van der Waals surface area contributed by atoms with Gasteiger partial charge in [0.1, 0.15) is 0 Å². The standard InChI is InChI=1S/C31H22INO5/c1-19-8-10-24(11-9-19)30(34)37-28-25(32)16-20(18-27(28)36-2)17-26-31(35)38-29(33-26)23-14-12-22(13-15-23)21-6-4-3-5-7-21/h3-18H,1-2H3/b26-17-. The molecule has 7 heteroatoms. The topological polar surface area (TPSA) is 74.2 Å². The number of carbonyl (C=O) groups is 2. The van der Waals surface area contributed by atoms with Gasteiger partial charge in [0.15, 0.2) is 17.2 Å². The van der Waals surface area contributed by atoms with Crippen LogP contribution < -0.4 is 9.47 Å². The Balaban J connectivity index is 1.38. The summed E-state index contributed by atoms with van der Waals surface area (Å²) in [6.45, 7) is 1.95. The highest BCUT2D eigenvalue weighted by atomic mass is 127. The first-order chi connectivity index (χ1) is 18.4. The Morgan fingerprint density at radius 1 is 0.895 bits per heavy atom. The summed E-state index contributed by atoms with van der Waals surface area (Å²) in [6, 6.07) is 28.3. The summed E-state index contributed by atoms with van der Waals surface area (Å²) in [5.41, 5.74) is 5.15. The average molecular weight is 615 g/mol. The zero-order chi connectivity index (χ0) is 26.6. The maximum atomic E-state index is 12.7. The lowest BCUT2D eigenvalue weighted by Crippen LogP contribution is -2.10. The van der Waals surface area contributed by atoms with Gasteiger partial charge in [-0.05, 0) is 88.7 Å². The van der Waals surface area contributed by atoms with Gasteiger partial charge < -0.3 is 14.2 Å². The van der Waals surface area contributed by atoms with Crippen LogP contribution >= 0.6 is 22.6 Å². The van der Waals surface area contributed by atoms with Crippen molar-refractivity contribution in [2.24, 2.45) is 4.99 Å². The summed E-state index contributed by atoms with van der Waals surface area (Å²) in [7, 11) is 1.49. The molecule has 0 saturated heterocycles. The lowest BCUT2D eigenvalue weighted by Gasteiger charge is -2.12. The van der Waals surface area contributed by atoms with Crippen LogP contribution in [0.3, 0.4) is 0 Å². The van der Waals surface area contributed by atoms with E-state index >= 15 is 0 Å². The molecule has 4 aromatic rings. The second-order valence-corrected chi connectivity index (χ2v) is 9.73. The van der Waals surface area contributed by atoms with Crippen LogP contribution in [0.4, 0.5) is 0 Å². The number of aliphatic imine (C=N–C) groups is 1. The number of ether oxygens (including phenoxy) is 3. The molecule has 0 radical (unpaired) electrons. The minimum atomic E-state index is -0.545. The molecule has 0 atom stereocenters. The van der Waals surface area contributed by atoms with E-state index < -0.39 is 11.9 Å². The third-order valence-electron chi connectivity index (χ3n) is 5.90. The van der Waals surface area contributed by atoms with Crippen molar-refractivity contribution in [2.75, 3.05) is 7.11 Å². The molecule has 1 heterocycles. The summed E-state index contributed by atoms with van der Waals surface area (Å²) in [6.07, 6.45) is 1.62. The molecule has 0 spiro atoms. The monoisotopic (exact) mass is 615 g/mol.